The molecule has 0 saturated heterocycles. The minimum Gasteiger partial charge on any atom is -0.396 e. The van der Waals surface area contributed by atoms with Crippen molar-refractivity contribution in [3.8, 4) is 0 Å². The third-order valence-electron chi connectivity index (χ3n) is 3.19. The fourth-order valence-corrected chi connectivity index (χ4v) is 2.03. The van der Waals surface area contributed by atoms with Crippen LogP contribution in [0.15, 0.2) is 35.3 Å². The minimum atomic E-state index is 0.0766. The van der Waals surface area contributed by atoms with Gasteiger partial charge in [-0.2, -0.15) is 11.8 Å². The van der Waals surface area contributed by atoms with E-state index in [9.17, 15) is 5.11 Å². The van der Waals surface area contributed by atoms with Gasteiger partial charge in [-0.05, 0) is 11.8 Å². The van der Waals surface area contributed by atoms with Crippen molar-refractivity contribution in [2.45, 2.75) is 18.1 Å². The summed E-state index contributed by atoms with van der Waals surface area (Å²) in [6.45, 7) is 3.82. The zero-order valence-corrected chi connectivity index (χ0v) is 13.3. The molecule has 2 unspecified atom stereocenters. The molecule has 0 radical (unpaired) electrons. The van der Waals surface area contributed by atoms with E-state index in [0.29, 0.717) is 11.8 Å². The van der Waals surface area contributed by atoms with Crippen molar-refractivity contribution >= 4 is 17.7 Å². The van der Waals surface area contributed by atoms with Crippen molar-refractivity contribution < 1.29 is 5.11 Å². The van der Waals surface area contributed by atoms with Crippen molar-refractivity contribution in [1.29, 1.82) is 0 Å². The lowest BCUT2D eigenvalue weighted by molar-refractivity contribution is 0.265. The topological polar surface area (TPSA) is 56.7 Å². The molecule has 0 amide bonds. The maximum absolute atomic E-state index is 9.52. The normalized spacial score (nSPS) is 14.7. The van der Waals surface area contributed by atoms with Crippen LogP contribution in [-0.4, -0.2) is 49.3 Å². The summed E-state index contributed by atoms with van der Waals surface area (Å²) in [4.78, 5) is 4.20. The lowest BCUT2D eigenvalue weighted by Crippen LogP contribution is -2.42. The molecule has 0 bridgehead atoms. The van der Waals surface area contributed by atoms with Crippen LogP contribution in [0.5, 0.6) is 0 Å². The van der Waals surface area contributed by atoms with Crippen LogP contribution >= 0.6 is 11.8 Å². The van der Waals surface area contributed by atoms with E-state index in [2.05, 4.69) is 28.8 Å². The average Bonchev–Trinajstić information content (AvgIpc) is 2.51. The zero-order chi connectivity index (χ0) is 14.8. The van der Waals surface area contributed by atoms with Crippen LogP contribution in [-0.2, 0) is 0 Å². The molecule has 2 atom stereocenters. The second-order valence-corrected chi connectivity index (χ2v) is 5.95. The summed E-state index contributed by atoms with van der Waals surface area (Å²) in [6.07, 6.45) is 2.10. The van der Waals surface area contributed by atoms with E-state index >= 15 is 0 Å². The SMILES string of the molecule is CN=C(NCC(C)SC)NCC(CO)c1ccccc1. The Hall–Kier alpha value is -1.20. The highest BCUT2D eigenvalue weighted by molar-refractivity contribution is 7.99. The monoisotopic (exact) mass is 295 g/mol. The van der Waals surface area contributed by atoms with Crippen molar-refractivity contribution in [1.82, 2.24) is 10.6 Å². The highest BCUT2D eigenvalue weighted by Gasteiger charge is 2.11. The van der Waals surface area contributed by atoms with Gasteiger partial charge < -0.3 is 15.7 Å². The van der Waals surface area contributed by atoms with Gasteiger partial charge in [0.05, 0.1) is 6.61 Å². The van der Waals surface area contributed by atoms with Gasteiger partial charge in [-0.25, -0.2) is 0 Å². The van der Waals surface area contributed by atoms with E-state index in [4.69, 9.17) is 0 Å². The molecule has 0 fully saturated rings. The first kappa shape index (κ1) is 16.9. The smallest absolute Gasteiger partial charge is 0.191 e. The minimum absolute atomic E-state index is 0.0766. The number of thioether (sulfide) groups is 1. The Morgan fingerprint density at radius 1 is 1.25 bits per heavy atom. The highest BCUT2D eigenvalue weighted by Crippen LogP contribution is 2.13. The average molecular weight is 295 g/mol. The predicted octanol–water partition coefficient (Wildman–Crippen LogP) is 1.68. The molecular weight excluding hydrogens is 270 g/mol. The second-order valence-electron chi connectivity index (χ2n) is 4.67. The molecule has 3 N–H and O–H groups in total. The van der Waals surface area contributed by atoms with E-state index < -0.39 is 0 Å². The van der Waals surface area contributed by atoms with Crippen LogP contribution in [0.1, 0.15) is 18.4 Å². The number of rotatable bonds is 7. The van der Waals surface area contributed by atoms with Crippen molar-refractivity contribution in [2.24, 2.45) is 4.99 Å². The summed E-state index contributed by atoms with van der Waals surface area (Å²) in [5, 5.41) is 16.6. The largest absolute Gasteiger partial charge is 0.396 e. The number of nitrogens with zero attached hydrogens (tertiary/aromatic N) is 1. The lowest BCUT2D eigenvalue weighted by atomic mass is 10.0. The fourth-order valence-electron chi connectivity index (χ4n) is 1.78. The molecule has 0 aliphatic rings. The molecule has 112 valence electrons. The van der Waals surface area contributed by atoms with Gasteiger partial charge in [-0.15, -0.1) is 0 Å². The summed E-state index contributed by atoms with van der Waals surface area (Å²) in [5.74, 6) is 0.855. The zero-order valence-electron chi connectivity index (χ0n) is 12.5. The molecular formula is C15H25N3OS. The molecule has 20 heavy (non-hydrogen) atoms. The molecule has 5 heteroatoms. The molecule has 0 spiro atoms. The van der Waals surface area contributed by atoms with E-state index in [1.165, 1.54) is 0 Å². The molecule has 1 rings (SSSR count). The fraction of sp³-hybridized carbons (Fsp3) is 0.533. The van der Waals surface area contributed by atoms with Gasteiger partial charge in [-0.3, -0.25) is 4.99 Å². The van der Waals surface area contributed by atoms with Gasteiger partial charge in [0.15, 0.2) is 5.96 Å². The number of aliphatic hydroxyl groups excluding tert-OH is 1. The van der Waals surface area contributed by atoms with E-state index in [-0.39, 0.29) is 12.5 Å². The van der Waals surface area contributed by atoms with Crippen LogP contribution in [0, 0.1) is 0 Å². The first-order valence-electron chi connectivity index (χ1n) is 6.84. The third kappa shape index (κ3) is 5.84. The van der Waals surface area contributed by atoms with E-state index in [1.807, 2.05) is 42.1 Å². The third-order valence-corrected chi connectivity index (χ3v) is 4.16. The van der Waals surface area contributed by atoms with Crippen molar-refractivity contribution in [2.75, 3.05) is 33.0 Å². The van der Waals surface area contributed by atoms with Crippen LogP contribution in [0.4, 0.5) is 0 Å². The standard InChI is InChI=1S/C15H25N3OS/c1-12(20-3)9-17-15(16-2)18-10-14(11-19)13-7-5-4-6-8-13/h4-8,12,14,19H,9-11H2,1-3H3,(H2,16,17,18). The van der Waals surface area contributed by atoms with E-state index in [1.54, 1.807) is 7.05 Å². The van der Waals surface area contributed by atoms with Gasteiger partial charge in [0.25, 0.3) is 0 Å². The summed E-state index contributed by atoms with van der Waals surface area (Å²) in [5.41, 5.74) is 1.13. The molecule has 0 heterocycles. The summed E-state index contributed by atoms with van der Waals surface area (Å²) >= 11 is 1.82. The van der Waals surface area contributed by atoms with Crippen LogP contribution in [0.25, 0.3) is 0 Å². The molecule has 0 aliphatic heterocycles. The highest BCUT2D eigenvalue weighted by atomic mass is 32.2. The molecule has 0 saturated carbocycles. The van der Waals surface area contributed by atoms with Gasteiger partial charge in [0.1, 0.15) is 0 Å². The number of benzene rings is 1. The number of hydrogen-bond donors (Lipinski definition) is 3. The predicted molar refractivity (Wildman–Crippen MR) is 88.6 cm³/mol. The van der Waals surface area contributed by atoms with Crippen LogP contribution < -0.4 is 10.6 Å². The molecule has 0 aromatic heterocycles. The number of aliphatic hydroxyl groups is 1. The van der Waals surface area contributed by atoms with Gasteiger partial charge >= 0.3 is 0 Å². The number of hydrogen-bond acceptors (Lipinski definition) is 3. The summed E-state index contributed by atoms with van der Waals surface area (Å²) in [7, 11) is 1.76. The number of aliphatic imine (C=N–C) groups is 1. The van der Waals surface area contributed by atoms with Crippen LogP contribution in [0.2, 0.25) is 0 Å². The first-order valence-corrected chi connectivity index (χ1v) is 8.13. The van der Waals surface area contributed by atoms with Gasteiger partial charge in [0.2, 0.25) is 0 Å². The second kappa shape index (κ2) is 9.66. The van der Waals surface area contributed by atoms with Crippen LogP contribution in [0.3, 0.4) is 0 Å². The number of guanidine groups is 1. The Morgan fingerprint density at radius 3 is 2.45 bits per heavy atom. The van der Waals surface area contributed by atoms with Crippen molar-refractivity contribution in [3.63, 3.8) is 0 Å². The van der Waals surface area contributed by atoms with Gasteiger partial charge in [0, 0.05) is 31.3 Å². The van der Waals surface area contributed by atoms with Gasteiger partial charge in [-0.1, -0.05) is 37.3 Å². The quantitative estimate of drug-likeness (QED) is 0.529. The Labute approximate surface area is 126 Å². The Bertz CT molecular complexity index is 397. The Morgan fingerprint density at radius 2 is 1.90 bits per heavy atom. The maximum atomic E-state index is 9.52. The Balaban J connectivity index is 2.46. The van der Waals surface area contributed by atoms with E-state index in [0.717, 1.165) is 18.1 Å². The Kier molecular flexibility index (Phi) is 8.14. The molecule has 4 nitrogen and oxygen atoms in total. The maximum Gasteiger partial charge on any atom is 0.191 e. The summed E-state index contributed by atoms with van der Waals surface area (Å²) < 4.78 is 0. The first-order chi connectivity index (χ1) is 9.71. The summed E-state index contributed by atoms with van der Waals surface area (Å²) in [6, 6.07) is 10.0. The molecule has 1 aromatic rings. The molecule has 0 aliphatic carbocycles. The lowest BCUT2D eigenvalue weighted by Gasteiger charge is -2.19. The number of nitrogens with one attached hydrogen (secondary N) is 2. The van der Waals surface area contributed by atoms with Crippen molar-refractivity contribution in [3.05, 3.63) is 35.9 Å². The molecule has 1 aromatic carbocycles.